The summed E-state index contributed by atoms with van der Waals surface area (Å²) in [5.74, 6) is 0.470. The van der Waals surface area contributed by atoms with Crippen molar-refractivity contribution >= 4 is 38.2 Å². The van der Waals surface area contributed by atoms with Gasteiger partial charge in [0.15, 0.2) is 0 Å². The highest BCUT2D eigenvalue weighted by Gasteiger charge is 2.25. The second kappa shape index (κ2) is 6.60. The first kappa shape index (κ1) is 18.2. The molecule has 26 heavy (non-hydrogen) atoms. The summed E-state index contributed by atoms with van der Waals surface area (Å²) < 4.78 is 32.4. The first-order chi connectivity index (χ1) is 12.3. The zero-order valence-corrected chi connectivity index (χ0v) is 15.1. The summed E-state index contributed by atoms with van der Waals surface area (Å²) in [6, 6.07) is 8.32. The second-order valence-corrected chi connectivity index (χ2v) is 7.63. The minimum absolute atomic E-state index is 0.131. The van der Waals surface area contributed by atoms with Crippen LogP contribution in [0.4, 0.5) is 5.69 Å². The van der Waals surface area contributed by atoms with Crippen LogP contribution >= 0.6 is 11.6 Å². The highest BCUT2D eigenvalue weighted by Crippen LogP contribution is 2.32. The van der Waals surface area contributed by atoms with Crippen molar-refractivity contribution in [1.29, 1.82) is 0 Å². The topological polar surface area (TPSA) is 117 Å². The van der Waals surface area contributed by atoms with E-state index in [1.807, 2.05) is 0 Å². The van der Waals surface area contributed by atoms with Gasteiger partial charge in [0.1, 0.15) is 10.8 Å². The average molecular weight is 396 g/mol. The lowest BCUT2D eigenvalue weighted by atomic mass is 10.2. The number of nitro groups is 1. The SMILES string of the molecule is COc1ccc2c(CN)cn(S(=O)(=O)c3ccc(Cl)c([N+](=O)[O-])c3)c2c1. The van der Waals surface area contributed by atoms with E-state index in [9.17, 15) is 18.5 Å². The van der Waals surface area contributed by atoms with E-state index in [0.717, 1.165) is 10.0 Å². The quantitative estimate of drug-likeness (QED) is 0.524. The number of nitro benzene ring substituents is 1. The molecular formula is C16H14ClN3O5S. The third-order valence-electron chi connectivity index (χ3n) is 3.95. The molecule has 2 N–H and O–H groups in total. The summed E-state index contributed by atoms with van der Waals surface area (Å²) in [5, 5.41) is 11.6. The standard InChI is InChI=1S/C16H14ClN3O5S/c1-25-11-2-4-13-10(8-18)9-19(15(13)6-11)26(23,24)12-3-5-14(17)16(7-12)20(21)22/h2-7,9H,8,18H2,1H3. The van der Waals surface area contributed by atoms with Crippen LogP contribution in [0.15, 0.2) is 47.5 Å². The smallest absolute Gasteiger partial charge is 0.289 e. The number of aromatic nitrogens is 1. The molecule has 3 rings (SSSR count). The molecule has 0 amide bonds. The number of hydrogen-bond donors (Lipinski definition) is 1. The maximum Gasteiger partial charge on any atom is 0.289 e. The van der Waals surface area contributed by atoms with Crippen LogP contribution in [-0.2, 0) is 16.6 Å². The van der Waals surface area contributed by atoms with Crippen molar-refractivity contribution in [2.45, 2.75) is 11.4 Å². The summed E-state index contributed by atoms with van der Waals surface area (Å²) in [5.41, 5.74) is 6.22. The Labute approximate surface area is 153 Å². The number of fused-ring (bicyclic) bond motifs is 1. The lowest BCUT2D eigenvalue weighted by Crippen LogP contribution is -2.12. The third kappa shape index (κ3) is 2.90. The number of methoxy groups -OCH3 is 1. The van der Waals surface area contributed by atoms with Crippen LogP contribution in [0.1, 0.15) is 5.56 Å². The average Bonchev–Trinajstić information content (AvgIpc) is 3.00. The van der Waals surface area contributed by atoms with Crippen molar-refractivity contribution in [2.24, 2.45) is 5.73 Å². The number of ether oxygens (including phenoxy) is 1. The lowest BCUT2D eigenvalue weighted by Gasteiger charge is -2.09. The zero-order valence-electron chi connectivity index (χ0n) is 13.5. The van der Waals surface area contributed by atoms with Gasteiger partial charge in [0.05, 0.1) is 22.4 Å². The molecule has 2 aromatic carbocycles. The number of nitrogens with zero attached hydrogens (tertiary/aromatic N) is 2. The van der Waals surface area contributed by atoms with Gasteiger partial charge < -0.3 is 10.5 Å². The van der Waals surface area contributed by atoms with Crippen molar-refractivity contribution in [2.75, 3.05) is 7.11 Å². The van der Waals surface area contributed by atoms with Crippen molar-refractivity contribution in [1.82, 2.24) is 3.97 Å². The summed E-state index contributed by atoms with van der Waals surface area (Å²) in [6.07, 6.45) is 1.40. The fourth-order valence-electron chi connectivity index (χ4n) is 2.64. The molecule has 0 fully saturated rings. The maximum absolute atomic E-state index is 13.1. The minimum Gasteiger partial charge on any atom is -0.497 e. The Bertz CT molecular complexity index is 1120. The summed E-state index contributed by atoms with van der Waals surface area (Å²) in [6.45, 7) is 0.131. The van der Waals surface area contributed by atoms with Gasteiger partial charge in [-0.25, -0.2) is 12.4 Å². The van der Waals surface area contributed by atoms with Gasteiger partial charge in [-0.1, -0.05) is 11.6 Å². The van der Waals surface area contributed by atoms with E-state index in [2.05, 4.69) is 0 Å². The molecule has 1 aromatic heterocycles. The number of halogens is 1. The van der Waals surface area contributed by atoms with Crippen molar-refractivity contribution in [3.05, 3.63) is 63.3 Å². The van der Waals surface area contributed by atoms with Crippen molar-refractivity contribution in [3.8, 4) is 5.75 Å². The van der Waals surface area contributed by atoms with Crippen molar-refractivity contribution < 1.29 is 18.1 Å². The Kier molecular flexibility index (Phi) is 4.61. The third-order valence-corrected chi connectivity index (χ3v) is 5.94. The van der Waals surface area contributed by atoms with E-state index in [1.54, 1.807) is 18.2 Å². The van der Waals surface area contributed by atoms with E-state index in [1.165, 1.54) is 25.4 Å². The number of nitrogens with two attached hydrogens (primary N) is 1. The van der Waals surface area contributed by atoms with E-state index in [0.29, 0.717) is 22.2 Å². The maximum atomic E-state index is 13.1. The second-order valence-electron chi connectivity index (χ2n) is 5.41. The molecule has 0 saturated heterocycles. The predicted molar refractivity (Wildman–Crippen MR) is 97.1 cm³/mol. The first-order valence-corrected chi connectivity index (χ1v) is 9.19. The molecule has 0 unspecified atom stereocenters. The summed E-state index contributed by atoms with van der Waals surface area (Å²) in [4.78, 5) is 10.1. The molecule has 0 radical (unpaired) electrons. The Morgan fingerprint density at radius 3 is 2.62 bits per heavy atom. The Morgan fingerprint density at radius 1 is 1.27 bits per heavy atom. The number of rotatable bonds is 5. The van der Waals surface area contributed by atoms with Crippen LogP contribution in [0.25, 0.3) is 10.9 Å². The van der Waals surface area contributed by atoms with Crippen LogP contribution in [-0.4, -0.2) is 24.4 Å². The Morgan fingerprint density at radius 2 is 2.00 bits per heavy atom. The van der Waals surface area contributed by atoms with E-state index in [4.69, 9.17) is 22.1 Å². The van der Waals surface area contributed by atoms with Crippen LogP contribution in [0.5, 0.6) is 5.75 Å². The molecule has 0 spiro atoms. The molecule has 8 nitrogen and oxygen atoms in total. The minimum atomic E-state index is -4.11. The van der Waals surface area contributed by atoms with Gasteiger partial charge in [-0.2, -0.15) is 0 Å². The molecule has 0 saturated carbocycles. The normalized spacial score (nSPS) is 11.7. The largest absolute Gasteiger partial charge is 0.497 e. The Balaban J connectivity index is 2.28. The van der Waals surface area contributed by atoms with Gasteiger partial charge in [0, 0.05) is 30.3 Å². The van der Waals surface area contributed by atoms with Crippen LogP contribution in [0.3, 0.4) is 0 Å². The highest BCUT2D eigenvalue weighted by atomic mass is 35.5. The fraction of sp³-hybridized carbons (Fsp3) is 0.125. The van der Waals surface area contributed by atoms with Crippen LogP contribution < -0.4 is 10.5 Å². The lowest BCUT2D eigenvalue weighted by molar-refractivity contribution is -0.384. The summed E-state index contributed by atoms with van der Waals surface area (Å²) in [7, 11) is -2.64. The van der Waals surface area contributed by atoms with Gasteiger partial charge in [0.2, 0.25) is 0 Å². The van der Waals surface area contributed by atoms with Gasteiger partial charge in [-0.3, -0.25) is 10.1 Å². The number of benzene rings is 2. The monoisotopic (exact) mass is 395 g/mol. The molecule has 1 heterocycles. The molecule has 0 atom stereocenters. The molecule has 0 aliphatic carbocycles. The zero-order chi connectivity index (χ0) is 19.1. The highest BCUT2D eigenvalue weighted by molar-refractivity contribution is 7.90. The van der Waals surface area contributed by atoms with Crippen LogP contribution in [0.2, 0.25) is 5.02 Å². The predicted octanol–water partition coefficient (Wildman–Crippen LogP) is 2.91. The van der Waals surface area contributed by atoms with E-state index < -0.39 is 20.6 Å². The molecular weight excluding hydrogens is 382 g/mol. The fourth-order valence-corrected chi connectivity index (χ4v) is 4.23. The van der Waals surface area contributed by atoms with E-state index >= 15 is 0 Å². The van der Waals surface area contributed by atoms with E-state index in [-0.39, 0.29) is 16.5 Å². The van der Waals surface area contributed by atoms with Gasteiger partial charge in [-0.15, -0.1) is 0 Å². The van der Waals surface area contributed by atoms with Crippen LogP contribution in [0, 0.1) is 10.1 Å². The first-order valence-electron chi connectivity index (χ1n) is 7.37. The molecule has 3 aromatic rings. The molecule has 0 aliphatic rings. The van der Waals surface area contributed by atoms with Gasteiger partial charge in [0.25, 0.3) is 15.7 Å². The Hall–Kier alpha value is -2.62. The summed E-state index contributed by atoms with van der Waals surface area (Å²) >= 11 is 5.77. The molecule has 0 bridgehead atoms. The molecule has 0 aliphatic heterocycles. The number of hydrogen-bond acceptors (Lipinski definition) is 6. The molecule has 136 valence electrons. The molecule has 10 heteroatoms. The van der Waals surface area contributed by atoms with Gasteiger partial charge in [-0.05, 0) is 29.8 Å². The van der Waals surface area contributed by atoms with Gasteiger partial charge >= 0.3 is 0 Å². The van der Waals surface area contributed by atoms with Crippen molar-refractivity contribution in [3.63, 3.8) is 0 Å².